The van der Waals surface area contributed by atoms with Crippen LogP contribution in [-0.2, 0) is 6.54 Å². The maximum atomic E-state index is 12.4. The van der Waals surface area contributed by atoms with Gasteiger partial charge in [0, 0.05) is 19.6 Å². The summed E-state index contributed by atoms with van der Waals surface area (Å²) < 4.78 is 2.56. The fourth-order valence-corrected chi connectivity index (χ4v) is 2.70. The highest BCUT2D eigenvalue weighted by molar-refractivity contribution is 9.10. The smallest absolute Gasteiger partial charge is 0.273 e. The predicted octanol–water partition coefficient (Wildman–Crippen LogP) is 2.68. The lowest BCUT2D eigenvalue weighted by Crippen LogP contribution is -2.33. The number of aromatic nitrogens is 2. The molecule has 2 heterocycles. The van der Waals surface area contributed by atoms with E-state index >= 15 is 0 Å². The molecule has 1 saturated heterocycles. The van der Waals surface area contributed by atoms with Crippen molar-refractivity contribution in [2.75, 3.05) is 13.1 Å². The van der Waals surface area contributed by atoms with Crippen LogP contribution in [0.2, 0.25) is 0 Å². The molecule has 0 unspecified atom stereocenters. The van der Waals surface area contributed by atoms with E-state index in [9.17, 15) is 4.79 Å². The van der Waals surface area contributed by atoms with Gasteiger partial charge in [0.1, 0.15) is 5.69 Å². The number of amides is 1. The zero-order chi connectivity index (χ0) is 12.3. The van der Waals surface area contributed by atoms with Crippen molar-refractivity contribution in [3.63, 3.8) is 0 Å². The minimum Gasteiger partial charge on any atom is -0.337 e. The number of carbonyl (C=O) groups excluding carboxylic acids is 1. The second-order valence-electron chi connectivity index (χ2n) is 4.36. The molecule has 0 N–H and O–H groups in total. The lowest BCUT2D eigenvalue weighted by Gasteiger charge is -2.20. The number of carbonyl (C=O) groups is 1. The number of rotatable bonds is 2. The Balaban J connectivity index is 2.20. The van der Waals surface area contributed by atoms with Crippen molar-refractivity contribution >= 4 is 21.8 Å². The van der Waals surface area contributed by atoms with Crippen LogP contribution in [0.3, 0.4) is 0 Å². The summed E-state index contributed by atoms with van der Waals surface area (Å²) >= 11 is 3.41. The standard InChI is InChI=1S/C12H18BrN3O/c1-2-16-11(10(13)9-14-16)12(17)15-7-5-3-4-6-8-15/h9H,2-8H2,1H3. The molecule has 1 aromatic rings. The summed E-state index contributed by atoms with van der Waals surface area (Å²) in [5.74, 6) is 0.109. The summed E-state index contributed by atoms with van der Waals surface area (Å²) in [6.07, 6.45) is 6.40. The average Bonchev–Trinajstić information content (AvgIpc) is 2.56. The van der Waals surface area contributed by atoms with Gasteiger partial charge in [-0.15, -0.1) is 0 Å². The average molecular weight is 300 g/mol. The lowest BCUT2D eigenvalue weighted by atomic mass is 10.2. The topological polar surface area (TPSA) is 38.1 Å². The first kappa shape index (κ1) is 12.6. The molecule has 1 fully saturated rings. The van der Waals surface area contributed by atoms with E-state index in [2.05, 4.69) is 21.0 Å². The van der Waals surface area contributed by atoms with Crippen LogP contribution in [0.25, 0.3) is 0 Å². The summed E-state index contributed by atoms with van der Waals surface area (Å²) in [5, 5.41) is 4.20. The first-order valence-electron chi connectivity index (χ1n) is 6.24. The molecule has 1 amide bonds. The Labute approximate surface area is 110 Å². The predicted molar refractivity (Wildman–Crippen MR) is 70.0 cm³/mol. The van der Waals surface area contributed by atoms with Gasteiger partial charge in [0.15, 0.2) is 0 Å². The molecule has 0 atom stereocenters. The Bertz CT molecular complexity index is 394. The highest BCUT2D eigenvalue weighted by Crippen LogP contribution is 2.20. The first-order valence-corrected chi connectivity index (χ1v) is 7.04. The van der Waals surface area contributed by atoms with Crippen molar-refractivity contribution in [1.29, 1.82) is 0 Å². The van der Waals surface area contributed by atoms with Crippen LogP contribution in [0.15, 0.2) is 10.7 Å². The van der Waals surface area contributed by atoms with E-state index in [0.29, 0.717) is 5.69 Å². The third-order valence-electron chi connectivity index (χ3n) is 3.19. The zero-order valence-corrected chi connectivity index (χ0v) is 11.7. The number of aryl methyl sites for hydroxylation is 1. The molecule has 0 saturated carbocycles. The number of nitrogens with zero attached hydrogens (tertiary/aromatic N) is 3. The van der Waals surface area contributed by atoms with Gasteiger partial charge >= 0.3 is 0 Å². The second kappa shape index (κ2) is 5.67. The SMILES string of the molecule is CCn1ncc(Br)c1C(=O)N1CCCCCC1. The highest BCUT2D eigenvalue weighted by atomic mass is 79.9. The summed E-state index contributed by atoms with van der Waals surface area (Å²) in [6, 6.07) is 0. The van der Waals surface area contributed by atoms with E-state index in [1.54, 1.807) is 10.9 Å². The van der Waals surface area contributed by atoms with Gasteiger partial charge in [0.05, 0.1) is 10.7 Å². The van der Waals surface area contributed by atoms with E-state index in [4.69, 9.17) is 0 Å². The van der Waals surface area contributed by atoms with Crippen LogP contribution < -0.4 is 0 Å². The van der Waals surface area contributed by atoms with Crippen molar-refractivity contribution in [1.82, 2.24) is 14.7 Å². The summed E-state index contributed by atoms with van der Waals surface area (Å²) in [5.41, 5.74) is 0.689. The van der Waals surface area contributed by atoms with Crippen molar-refractivity contribution in [3.05, 3.63) is 16.4 Å². The maximum Gasteiger partial charge on any atom is 0.273 e. The van der Waals surface area contributed by atoms with Gasteiger partial charge in [-0.2, -0.15) is 5.10 Å². The highest BCUT2D eigenvalue weighted by Gasteiger charge is 2.23. The molecule has 5 heteroatoms. The monoisotopic (exact) mass is 299 g/mol. The first-order chi connectivity index (χ1) is 8.24. The number of likely N-dealkylation sites (tertiary alicyclic amines) is 1. The van der Waals surface area contributed by atoms with Gasteiger partial charge in [-0.1, -0.05) is 12.8 Å². The normalized spacial score (nSPS) is 16.9. The fourth-order valence-electron chi connectivity index (χ4n) is 2.24. The summed E-state index contributed by atoms with van der Waals surface area (Å²) in [6.45, 7) is 4.47. The van der Waals surface area contributed by atoms with Gasteiger partial charge < -0.3 is 4.90 Å². The van der Waals surface area contributed by atoms with Crippen molar-refractivity contribution in [2.45, 2.75) is 39.2 Å². The van der Waals surface area contributed by atoms with E-state index in [0.717, 1.165) is 36.9 Å². The lowest BCUT2D eigenvalue weighted by molar-refractivity contribution is 0.0748. The van der Waals surface area contributed by atoms with Crippen LogP contribution in [0.1, 0.15) is 43.1 Å². The molecule has 94 valence electrons. The minimum absolute atomic E-state index is 0.109. The molecular weight excluding hydrogens is 282 g/mol. The Morgan fingerprint density at radius 2 is 2.00 bits per heavy atom. The maximum absolute atomic E-state index is 12.4. The zero-order valence-electron chi connectivity index (χ0n) is 10.2. The van der Waals surface area contributed by atoms with Crippen LogP contribution in [-0.4, -0.2) is 33.7 Å². The Kier molecular flexibility index (Phi) is 4.20. The molecular formula is C12H18BrN3O. The van der Waals surface area contributed by atoms with E-state index in [1.807, 2.05) is 11.8 Å². The van der Waals surface area contributed by atoms with Gasteiger partial charge in [-0.3, -0.25) is 9.48 Å². The van der Waals surface area contributed by atoms with E-state index in [-0.39, 0.29) is 5.91 Å². The van der Waals surface area contributed by atoms with Crippen molar-refractivity contribution in [3.8, 4) is 0 Å². The van der Waals surface area contributed by atoms with Crippen LogP contribution in [0.4, 0.5) is 0 Å². The summed E-state index contributed by atoms with van der Waals surface area (Å²) in [4.78, 5) is 14.4. The van der Waals surface area contributed by atoms with E-state index < -0.39 is 0 Å². The molecule has 0 aromatic carbocycles. The molecule has 2 rings (SSSR count). The van der Waals surface area contributed by atoms with E-state index in [1.165, 1.54) is 12.8 Å². The third-order valence-corrected chi connectivity index (χ3v) is 3.77. The third kappa shape index (κ3) is 2.70. The number of hydrogen-bond donors (Lipinski definition) is 0. The van der Waals surface area contributed by atoms with Gasteiger partial charge in [-0.05, 0) is 35.7 Å². The van der Waals surface area contributed by atoms with Gasteiger partial charge in [0.25, 0.3) is 5.91 Å². The molecule has 1 aliphatic rings. The molecule has 0 spiro atoms. The molecule has 17 heavy (non-hydrogen) atoms. The molecule has 4 nitrogen and oxygen atoms in total. The molecule has 1 aromatic heterocycles. The molecule has 0 aliphatic carbocycles. The number of hydrogen-bond acceptors (Lipinski definition) is 2. The van der Waals surface area contributed by atoms with Crippen molar-refractivity contribution < 1.29 is 4.79 Å². The second-order valence-corrected chi connectivity index (χ2v) is 5.22. The van der Waals surface area contributed by atoms with Crippen LogP contribution in [0, 0.1) is 0 Å². The number of halogens is 1. The molecule has 0 bridgehead atoms. The molecule has 1 aliphatic heterocycles. The minimum atomic E-state index is 0.109. The quantitative estimate of drug-likeness (QED) is 0.842. The van der Waals surface area contributed by atoms with Crippen LogP contribution in [0.5, 0.6) is 0 Å². The Morgan fingerprint density at radius 1 is 1.35 bits per heavy atom. The summed E-state index contributed by atoms with van der Waals surface area (Å²) in [7, 11) is 0. The van der Waals surface area contributed by atoms with Crippen molar-refractivity contribution in [2.24, 2.45) is 0 Å². The fraction of sp³-hybridized carbons (Fsp3) is 0.667. The van der Waals surface area contributed by atoms with Crippen LogP contribution >= 0.6 is 15.9 Å². The van der Waals surface area contributed by atoms with Gasteiger partial charge in [0.2, 0.25) is 0 Å². The van der Waals surface area contributed by atoms with Gasteiger partial charge in [-0.25, -0.2) is 0 Å². The molecule has 0 radical (unpaired) electrons. The Morgan fingerprint density at radius 3 is 2.59 bits per heavy atom. The largest absolute Gasteiger partial charge is 0.337 e. The Hall–Kier alpha value is -0.840.